The highest BCUT2D eigenvalue weighted by molar-refractivity contribution is 7.89. The van der Waals surface area contributed by atoms with Gasteiger partial charge in [-0.1, -0.05) is 6.92 Å². The van der Waals surface area contributed by atoms with Gasteiger partial charge in [-0.05, 0) is 26.2 Å². The Bertz CT molecular complexity index is 346. The molecule has 0 aromatic carbocycles. The van der Waals surface area contributed by atoms with Crippen LogP contribution in [0.5, 0.6) is 0 Å². The van der Waals surface area contributed by atoms with E-state index in [0.717, 1.165) is 0 Å². The maximum absolute atomic E-state index is 11.8. The largest absolute Gasteiger partial charge is 0.356 e. The predicted octanol–water partition coefficient (Wildman–Crippen LogP) is 0.574. The molecule has 1 N–H and O–H groups in total. The van der Waals surface area contributed by atoms with E-state index in [2.05, 4.69) is 5.32 Å². The van der Waals surface area contributed by atoms with Crippen LogP contribution in [0, 0.1) is 5.92 Å². The highest BCUT2D eigenvalue weighted by atomic mass is 32.2. The number of nitrogens with zero attached hydrogens (tertiary/aromatic N) is 1. The smallest absolute Gasteiger partial charge is 0.223 e. The molecule has 1 heterocycles. The lowest BCUT2D eigenvalue weighted by Crippen LogP contribution is -2.43. The van der Waals surface area contributed by atoms with Gasteiger partial charge in [-0.2, -0.15) is 0 Å². The highest BCUT2D eigenvalue weighted by Crippen LogP contribution is 2.20. The van der Waals surface area contributed by atoms with Crippen molar-refractivity contribution in [2.24, 2.45) is 5.92 Å². The summed E-state index contributed by atoms with van der Waals surface area (Å²) in [7, 11) is -3.09. The van der Waals surface area contributed by atoms with Crippen molar-refractivity contribution in [1.82, 2.24) is 9.62 Å². The van der Waals surface area contributed by atoms with Gasteiger partial charge in [0, 0.05) is 25.6 Å². The SMILES string of the molecule is CCCS(=O)(=O)N1CCC(C(=O)NCC)CC1. The molecular formula is C11H22N2O3S. The fourth-order valence-corrected chi connectivity index (χ4v) is 3.64. The van der Waals surface area contributed by atoms with Crippen LogP contribution in [-0.2, 0) is 14.8 Å². The van der Waals surface area contributed by atoms with Crippen LogP contribution in [0.2, 0.25) is 0 Å². The van der Waals surface area contributed by atoms with Gasteiger partial charge in [0.15, 0.2) is 0 Å². The second-order valence-corrected chi connectivity index (χ2v) is 6.47. The number of nitrogens with one attached hydrogen (secondary N) is 1. The zero-order valence-corrected chi connectivity index (χ0v) is 11.4. The van der Waals surface area contributed by atoms with E-state index in [1.54, 1.807) is 0 Å². The number of piperidine rings is 1. The Morgan fingerprint density at radius 3 is 2.35 bits per heavy atom. The molecule has 0 aliphatic carbocycles. The van der Waals surface area contributed by atoms with Crippen LogP contribution in [0.15, 0.2) is 0 Å². The second-order valence-electron chi connectivity index (χ2n) is 4.38. The molecule has 1 rings (SSSR count). The van der Waals surface area contributed by atoms with Crippen molar-refractivity contribution in [2.75, 3.05) is 25.4 Å². The summed E-state index contributed by atoms with van der Waals surface area (Å²) in [6.07, 6.45) is 1.90. The van der Waals surface area contributed by atoms with E-state index in [1.165, 1.54) is 4.31 Å². The molecule has 1 fully saturated rings. The zero-order chi connectivity index (χ0) is 12.9. The van der Waals surface area contributed by atoms with E-state index in [-0.39, 0.29) is 17.6 Å². The Morgan fingerprint density at radius 2 is 1.88 bits per heavy atom. The first kappa shape index (κ1) is 14.4. The lowest BCUT2D eigenvalue weighted by molar-refractivity contribution is -0.126. The third kappa shape index (κ3) is 3.96. The number of sulfonamides is 1. The molecule has 17 heavy (non-hydrogen) atoms. The summed E-state index contributed by atoms with van der Waals surface area (Å²) in [5.41, 5.74) is 0. The molecular weight excluding hydrogens is 240 g/mol. The van der Waals surface area contributed by atoms with E-state index in [0.29, 0.717) is 38.9 Å². The minimum atomic E-state index is -3.09. The lowest BCUT2D eigenvalue weighted by atomic mass is 9.97. The summed E-state index contributed by atoms with van der Waals surface area (Å²) in [6, 6.07) is 0. The molecule has 0 bridgehead atoms. The quantitative estimate of drug-likeness (QED) is 0.788. The van der Waals surface area contributed by atoms with Crippen molar-refractivity contribution in [3.63, 3.8) is 0 Å². The van der Waals surface area contributed by atoms with Gasteiger partial charge in [0.1, 0.15) is 0 Å². The summed E-state index contributed by atoms with van der Waals surface area (Å²) in [5, 5.41) is 2.79. The van der Waals surface area contributed by atoms with Crippen molar-refractivity contribution < 1.29 is 13.2 Å². The van der Waals surface area contributed by atoms with E-state index in [4.69, 9.17) is 0 Å². The first-order chi connectivity index (χ1) is 8.01. The molecule has 0 spiro atoms. The molecule has 0 aromatic rings. The van der Waals surface area contributed by atoms with Gasteiger partial charge in [-0.15, -0.1) is 0 Å². The molecule has 100 valence electrons. The Kier molecular flexibility index (Phi) is 5.39. The monoisotopic (exact) mass is 262 g/mol. The molecule has 0 saturated carbocycles. The van der Waals surface area contributed by atoms with Crippen LogP contribution in [0.25, 0.3) is 0 Å². The highest BCUT2D eigenvalue weighted by Gasteiger charge is 2.30. The molecule has 0 atom stereocenters. The molecule has 1 saturated heterocycles. The fraction of sp³-hybridized carbons (Fsp3) is 0.909. The number of hydrogen-bond donors (Lipinski definition) is 1. The standard InChI is InChI=1S/C11H22N2O3S/c1-3-9-17(15,16)13-7-5-10(6-8-13)11(14)12-4-2/h10H,3-9H2,1-2H3,(H,12,14). The molecule has 0 radical (unpaired) electrons. The van der Waals surface area contributed by atoms with E-state index >= 15 is 0 Å². The predicted molar refractivity (Wildman–Crippen MR) is 67.1 cm³/mol. The van der Waals surface area contributed by atoms with Crippen LogP contribution in [0.1, 0.15) is 33.1 Å². The summed E-state index contributed by atoms with van der Waals surface area (Å²) >= 11 is 0. The fourth-order valence-electron chi connectivity index (χ4n) is 2.10. The Morgan fingerprint density at radius 1 is 1.29 bits per heavy atom. The first-order valence-corrected chi connectivity index (χ1v) is 7.87. The lowest BCUT2D eigenvalue weighted by Gasteiger charge is -2.30. The van der Waals surface area contributed by atoms with E-state index in [9.17, 15) is 13.2 Å². The zero-order valence-electron chi connectivity index (χ0n) is 10.6. The summed E-state index contributed by atoms with van der Waals surface area (Å²) in [5.74, 6) is 0.238. The average molecular weight is 262 g/mol. The van der Waals surface area contributed by atoms with Gasteiger partial charge >= 0.3 is 0 Å². The number of carbonyl (C=O) groups excluding carboxylic acids is 1. The molecule has 0 unspecified atom stereocenters. The third-order valence-corrected chi connectivity index (χ3v) is 5.11. The molecule has 1 aliphatic heterocycles. The molecule has 1 aliphatic rings. The third-order valence-electron chi connectivity index (χ3n) is 3.03. The van der Waals surface area contributed by atoms with Gasteiger partial charge in [0.25, 0.3) is 0 Å². The van der Waals surface area contributed by atoms with Gasteiger partial charge in [-0.25, -0.2) is 12.7 Å². The maximum Gasteiger partial charge on any atom is 0.223 e. The van der Waals surface area contributed by atoms with Crippen LogP contribution < -0.4 is 5.32 Å². The Balaban J connectivity index is 2.48. The summed E-state index contributed by atoms with van der Waals surface area (Å²) < 4.78 is 25.1. The molecule has 6 heteroatoms. The van der Waals surface area contributed by atoms with Crippen LogP contribution in [0.4, 0.5) is 0 Å². The van der Waals surface area contributed by atoms with Gasteiger partial charge < -0.3 is 5.32 Å². The minimum Gasteiger partial charge on any atom is -0.356 e. The van der Waals surface area contributed by atoms with Gasteiger partial charge in [0.05, 0.1) is 5.75 Å². The van der Waals surface area contributed by atoms with Crippen molar-refractivity contribution in [3.8, 4) is 0 Å². The van der Waals surface area contributed by atoms with Crippen molar-refractivity contribution in [2.45, 2.75) is 33.1 Å². The molecule has 0 aromatic heterocycles. The van der Waals surface area contributed by atoms with Crippen molar-refractivity contribution >= 4 is 15.9 Å². The average Bonchev–Trinajstić information content (AvgIpc) is 2.29. The topological polar surface area (TPSA) is 66.5 Å². The maximum atomic E-state index is 11.8. The summed E-state index contributed by atoms with van der Waals surface area (Å²) in [6.45, 7) is 5.33. The van der Waals surface area contributed by atoms with E-state index < -0.39 is 10.0 Å². The number of rotatable bonds is 5. The van der Waals surface area contributed by atoms with Crippen LogP contribution in [0.3, 0.4) is 0 Å². The number of amides is 1. The van der Waals surface area contributed by atoms with Crippen molar-refractivity contribution in [3.05, 3.63) is 0 Å². The number of hydrogen-bond acceptors (Lipinski definition) is 3. The molecule has 5 nitrogen and oxygen atoms in total. The van der Waals surface area contributed by atoms with E-state index in [1.807, 2.05) is 13.8 Å². The Hall–Kier alpha value is -0.620. The van der Waals surface area contributed by atoms with Gasteiger partial charge in [-0.3, -0.25) is 4.79 Å². The van der Waals surface area contributed by atoms with Crippen molar-refractivity contribution in [1.29, 1.82) is 0 Å². The van der Waals surface area contributed by atoms with Crippen LogP contribution in [-0.4, -0.2) is 44.0 Å². The van der Waals surface area contributed by atoms with Crippen LogP contribution >= 0.6 is 0 Å². The normalized spacial score (nSPS) is 19.2. The summed E-state index contributed by atoms with van der Waals surface area (Å²) in [4.78, 5) is 11.6. The second kappa shape index (κ2) is 6.35. The first-order valence-electron chi connectivity index (χ1n) is 6.26. The molecule has 1 amide bonds. The van der Waals surface area contributed by atoms with Gasteiger partial charge in [0.2, 0.25) is 15.9 Å². The minimum absolute atomic E-state index is 0.0250. The number of carbonyl (C=O) groups is 1. The Labute approximate surface area is 104 Å².